The first-order valence-corrected chi connectivity index (χ1v) is 10.2. The molecular weight excluding hydrogens is 336 g/mol. The lowest BCUT2D eigenvalue weighted by Gasteiger charge is -2.36. The zero-order valence-corrected chi connectivity index (χ0v) is 16.2. The van der Waals surface area contributed by atoms with E-state index >= 15 is 0 Å². The van der Waals surface area contributed by atoms with E-state index in [0.29, 0.717) is 25.0 Å². The van der Waals surface area contributed by atoms with Gasteiger partial charge in [-0.05, 0) is 56.4 Å². The van der Waals surface area contributed by atoms with E-state index in [9.17, 15) is 9.59 Å². The number of carbonyl (C=O) groups excluding carboxylic acids is 2. The van der Waals surface area contributed by atoms with Crippen LogP contribution in [-0.4, -0.2) is 46.8 Å². The van der Waals surface area contributed by atoms with Gasteiger partial charge in [0.2, 0.25) is 5.91 Å². The standard InChI is InChI=1S/C23H28N2O2/c1-16(2)25(19-10-11-19)22(26)18-12-14-24(15-13-18)23(27)21-9-5-7-17-6-3-4-8-20(17)21/h3-9,16,18-19H,10-15H2,1-2H3. The third-order valence-electron chi connectivity index (χ3n) is 5.90. The monoisotopic (exact) mass is 364 g/mol. The molecular formula is C23H28N2O2. The van der Waals surface area contributed by atoms with Gasteiger partial charge in [0.15, 0.2) is 0 Å². The van der Waals surface area contributed by atoms with Gasteiger partial charge >= 0.3 is 0 Å². The van der Waals surface area contributed by atoms with E-state index in [1.54, 1.807) is 0 Å². The van der Waals surface area contributed by atoms with Crippen molar-refractivity contribution in [3.8, 4) is 0 Å². The van der Waals surface area contributed by atoms with Gasteiger partial charge in [-0.2, -0.15) is 0 Å². The van der Waals surface area contributed by atoms with Crippen LogP contribution in [0.1, 0.15) is 49.9 Å². The third kappa shape index (κ3) is 3.58. The number of carbonyl (C=O) groups is 2. The van der Waals surface area contributed by atoms with Gasteiger partial charge in [-0.15, -0.1) is 0 Å². The first-order valence-electron chi connectivity index (χ1n) is 10.2. The number of nitrogens with zero attached hydrogens (tertiary/aromatic N) is 2. The molecule has 2 fully saturated rings. The van der Waals surface area contributed by atoms with Crippen molar-refractivity contribution in [3.05, 3.63) is 48.0 Å². The van der Waals surface area contributed by atoms with E-state index in [2.05, 4.69) is 18.7 Å². The fourth-order valence-corrected chi connectivity index (χ4v) is 4.33. The maximum Gasteiger partial charge on any atom is 0.254 e. The zero-order chi connectivity index (χ0) is 19.0. The molecule has 1 saturated carbocycles. The van der Waals surface area contributed by atoms with Crippen molar-refractivity contribution in [2.45, 2.75) is 51.6 Å². The van der Waals surface area contributed by atoms with Gasteiger partial charge in [-0.1, -0.05) is 36.4 Å². The highest BCUT2D eigenvalue weighted by Crippen LogP contribution is 2.32. The predicted octanol–water partition coefficient (Wildman–Crippen LogP) is 4.09. The van der Waals surface area contributed by atoms with Crippen molar-refractivity contribution in [2.75, 3.05) is 13.1 Å². The summed E-state index contributed by atoms with van der Waals surface area (Å²) in [6, 6.07) is 14.6. The summed E-state index contributed by atoms with van der Waals surface area (Å²) in [5.41, 5.74) is 0.764. The summed E-state index contributed by atoms with van der Waals surface area (Å²) in [5.74, 6) is 0.440. The molecule has 0 spiro atoms. The SMILES string of the molecule is CC(C)N(C(=O)C1CCN(C(=O)c2cccc3ccccc23)CC1)C1CC1. The Balaban J connectivity index is 1.44. The first-order chi connectivity index (χ1) is 13.1. The maximum atomic E-state index is 13.1. The summed E-state index contributed by atoms with van der Waals surface area (Å²) in [6.45, 7) is 5.54. The highest BCUT2D eigenvalue weighted by molar-refractivity contribution is 6.07. The van der Waals surface area contributed by atoms with Crippen LogP contribution in [0, 0.1) is 5.92 Å². The Labute approximate surface area is 161 Å². The van der Waals surface area contributed by atoms with Crippen molar-refractivity contribution in [3.63, 3.8) is 0 Å². The summed E-state index contributed by atoms with van der Waals surface area (Å²) >= 11 is 0. The summed E-state index contributed by atoms with van der Waals surface area (Å²) in [4.78, 5) is 30.1. The molecule has 2 aliphatic rings. The fourth-order valence-electron chi connectivity index (χ4n) is 4.33. The highest BCUT2D eigenvalue weighted by Gasteiger charge is 2.38. The molecule has 0 bridgehead atoms. The lowest BCUT2D eigenvalue weighted by atomic mass is 9.93. The van der Waals surface area contributed by atoms with Crippen LogP contribution >= 0.6 is 0 Å². The Morgan fingerprint density at radius 1 is 0.963 bits per heavy atom. The summed E-state index contributed by atoms with van der Waals surface area (Å²) in [5, 5.41) is 2.09. The number of benzene rings is 2. The number of amides is 2. The summed E-state index contributed by atoms with van der Waals surface area (Å²) < 4.78 is 0. The molecule has 1 aliphatic heterocycles. The molecule has 0 aromatic heterocycles. The Hall–Kier alpha value is -2.36. The minimum Gasteiger partial charge on any atom is -0.339 e. The van der Waals surface area contributed by atoms with E-state index in [0.717, 1.165) is 42.0 Å². The largest absolute Gasteiger partial charge is 0.339 e. The fraction of sp³-hybridized carbons (Fsp3) is 0.478. The van der Waals surface area contributed by atoms with Crippen LogP contribution in [0.5, 0.6) is 0 Å². The molecule has 1 saturated heterocycles. The molecule has 4 nitrogen and oxygen atoms in total. The van der Waals surface area contributed by atoms with Gasteiger partial charge < -0.3 is 9.80 Å². The Morgan fingerprint density at radius 2 is 1.63 bits per heavy atom. The molecule has 1 aliphatic carbocycles. The summed E-state index contributed by atoms with van der Waals surface area (Å²) in [7, 11) is 0. The molecule has 2 amide bonds. The average molecular weight is 364 g/mol. The van der Waals surface area contributed by atoms with Crippen LogP contribution < -0.4 is 0 Å². The molecule has 4 rings (SSSR count). The van der Waals surface area contributed by atoms with Crippen LogP contribution in [0.2, 0.25) is 0 Å². The normalized spacial score (nSPS) is 18.1. The Bertz CT molecular complexity index is 841. The number of fused-ring (bicyclic) bond motifs is 1. The smallest absolute Gasteiger partial charge is 0.254 e. The number of piperidine rings is 1. The van der Waals surface area contributed by atoms with Gasteiger partial charge in [-0.3, -0.25) is 9.59 Å². The van der Waals surface area contributed by atoms with Crippen LogP contribution in [0.15, 0.2) is 42.5 Å². The Kier molecular flexibility index (Phi) is 4.90. The number of rotatable bonds is 4. The molecule has 27 heavy (non-hydrogen) atoms. The lowest BCUT2D eigenvalue weighted by molar-refractivity contribution is -0.139. The van der Waals surface area contributed by atoms with Gasteiger partial charge in [0.05, 0.1) is 0 Å². The van der Waals surface area contributed by atoms with E-state index in [1.807, 2.05) is 47.4 Å². The lowest BCUT2D eigenvalue weighted by Crippen LogP contribution is -2.47. The van der Waals surface area contributed by atoms with Crippen molar-refractivity contribution < 1.29 is 9.59 Å². The number of likely N-dealkylation sites (tertiary alicyclic amines) is 1. The predicted molar refractivity (Wildman–Crippen MR) is 108 cm³/mol. The van der Waals surface area contributed by atoms with Gasteiger partial charge in [0, 0.05) is 36.7 Å². The quantitative estimate of drug-likeness (QED) is 0.820. The molecule has 0 radical (unpaired) electrons. The van der Waals surface area contributed by atoms with Crippen molar-refractivity contribution in [1.29, 1.82) is 0 Å². The molecule has 0 unspecified atom stereocenters. The van der Waals surface area contributed by atoms with E-state index in [4.69, 9.17) is 0 Å². The summed E-state index contributed by atoms with van der Waals surface area (Å²) in [6.07, 6.45) is 3.82. The van der Waals surface area contributed by atoms with E-state index < -0.39 is 0 Å². The van der Waals surface area contributed by atoms with Crippen LogP contribution in [0.25, 0.3) is 10.8 Å². The number of hydrogen-bond acceptors (Lipinski definition) is 2. The highest BCUT2D eigenvalue weighted by atomic mass is 16.2. The second-order valence-corrected chi connectivity index (χ2v) is 8.16. The topological polar surface area (TPSA) is 40.6 Å². The molecule has 142 valence electrons. The van der Waals surface area contributed by atoms with Gasteiger partial charge in [-0.25, -0.2) is 0 Å². The average Bonchev–Trinajstić information content (AvgIpc) is 3.52. The second-order valence-electron chi connectivity index (χ2n) is 8.16. The molecule has 2 aromatic rings. The van der Waals surface area contributed by atoms with E-state index in [1.165, 1.54) is 0 Å². The Morgan fingerprint density at radius 3 is 2.30 bits per heavy atom. The number of hydrogen-bond donors (Lipinski definition) is 0. The zero-order valence-electron chi connectivity index (χ0n) is 16.2. The third-order valence-corrected chi connectivity index (χ3v) is 5.90. The minimum atomic E-state index is 0.0598. The molecule has 1 heterocycles. The van der Waals surface area contributed by atoms with Gasteiger partial charge in [0.25, 0.3) is 5.91 Å². The van der Waals surface area contributed by atoms with Crippen LogP contribution in [-0.2, 0) is 4.79 Å². The second kappa shape index (κ2) is 7.34. The minimum absolute atomic E-state index is 0.0598. The van der Waals surface area contributed by atoms with E-state index in [-0.39, 0.29) is 17.9 Å². The maximum absolute atomic E-state index is 13.1. The molecule has 4 heteroatoms. The molecule has 0 N–H and O–H groups in total. The van der Waals surface area contributed by atoms with Crippen molar-refractivity contribution >= 4 is 22.6 Å². The van der Waals surface area contributed by atoms with Crippen molar-refractivity contribution in [1.82, 2.24) is 9.80 Å². The first kappa shape index (κ1) is 18.0. The van der Waals surface area contributed by atoms with Gasteiger partial charge in [0.1, 0.15) is 0 Å². The van der Waals surface area contributed by atoms with Crippen molar-refractivity contribution in [2.24, 2.45) is 5.92 Å². The molecule has 0 atom stereocenters. The van der Waals surface area contributed by atoms with Crippen LogP contribution in [0.3, 0.4) is 0 Å². The molecule has 2 aromatic carbocycles. The van der Waals surface area contributed by atoms with Crippen LogP contribution in [0.4, 0.5) is 0 Å².